The fraction of sp³-hybridized carbons (Fsp3) is 0.500. The SMILES string of the molecule is Cc1cccc(NC(=O)CNC(=O)COC(=O)CCC(C)C)c1C. The summed E-state index contributed by atoms with van der Waals surface area (Å²) in [6, 6.07) is 5.62. The van der Waals surface area contributed by atoms with Gasteiger partial charge in [-0.1, -0.05) is 26.0 Å². The maximum Gasteiger partial charge on any atom is 0.306 e. The van der Waals surface area contributed by atoms with Crippen molar-refractivity contribution in [3.8, 4) is 0 Å². The number of hydrogen-bond acceptors (Lipinski definition) is 4. The van der Waals surface area contributed by atoms with E-state index in [1.54, 1.807) is 6.07 Å². The van der Waals surface area contributed by atoms with Crippen molar-refractivity contribution in [3.05, 3.63) is 29.3 Å². The van der Waals surface area contributed by atoms with Crippen LogP contribution in [-0.2, 0) is 19.1 Å². The molecule has 2 amide bonds. The lowest BCUT2D eigenvalue weighted by molar-refractivity contribution is -0.148. The van der Waals surface area contributed by atoms with Gasteiger partial charge in [-0.15, -0.1) is 0 Å². The number of anilines is 1. The van der Waals surface area contributed by atoms with Crippen molar-refractivity contribution in [2.24, 2.45) is 5.92 Å². The number of hydrogen-bond donors (Lipinski definition) is 2. The van der Waals surface area contributed by atoms with Gasteiger partial charge in [0, 0.05) is 12.1 Å². The van der Waals surface area contributed by atoms with Gasteiger partial charge in [0.15, 0.2) is 6.61 Å². The predicted molar refractivity (Wildman–Crippen MR) is 92.6 cm³/mol. The summed E-state index contributed by atoms with van der Waals surface area (Å²) in [6.45, 7) is 7.35. The second kappa shape index (κ2) is 9.70. The number of esters is 1. The second-order valence-corrected chi connectivity index (χ2v) is 6.17. The molecule has 6 heteroatoms. The molecule has 2 N–H and O–H groups in total. The first kappa shape index (κ1) is 19.7. The van der Waals surface area contributed by atoms with Crippen LogP contribution >= 0.6 is 0 Å². The Morgan fingerprint density at radius 3 is 2.50 bits per heavy atom. The highest BCUT2D eigenvalue weighted by molar-refractivity contribution is 5.95. The maximum atomic E-state index is 11.9. The van der Waals surface area contributed by atoms with Crippen molar-refractivity contribution in [2.45, 2.75) is 40.5 Å². The lowest BCUT2D eigenvalue weighted by Crippen LogP contribution is -2.35. The average Bonchev–Trinajstić information content (AvgIpc) is 2.53. The highest BCUT2D eigenvalue weighted by atomic mass is 16.5. The largest absolute Gasteiger partial charge is 0.456 e. The molecule has 0 saturated heterocycles. The summed E-state index contributed by atoms with van der Waals surface area (Å²) >= 11 is 0. The molecule has 0 heterocycles. The van der Waals surface area contributed by atoms with Crippen LogP contribution in [0.2, 0.25) is 0 Å². The number of ether oxygens (including phenoxy) is 1. The van der Waals surface area contributed by atoms with Crippen molar-refractivity contribution in [1.82, 2.24) is 5.32 Å². The minimum Gasteiger partial charge on any atom is -0.456 e. The Hall–Kier alpha value is -2.37. The smallest absolute Gasteiger partial charge is 0.306 e. The summed E-state index contributed by atoms with van der Waals surface area (Å²) in [4.78, 5) is 34.9. The van der Waals surface area contributed by atoms with Crippen LogP contribution in [0.5, 0.6) is 0 Å². The third kappa shape index (κ3) is 7.26. The number of nitrogens with one attached hydrogen (secondary N) is 2. The molecule has 0 spiro atoms. The Labute approximate surface area is 143 Å². The highest BCUT2D eigenvalue weighted by Gasteiger charge is 2.11. The molecule has 6 nitrogen and oxygen atoms in total. The molecule has 0 fully saturated rings. The number of carbonyl (C=O) groups excluding carboxylic acids is 3. The molecule has 0 aliphatic heterocycles. The van der Waals surface area contributed by atoms with Crippen LogP contribution in [0.15, 0.2) is 18.2 Å². The van der Waals surface area contributed by atoms with E-state index in [4.69, 9.17) is 4.74 Å². The van der Waals surface area contributed by atoms with Crippen molar-refractivity contribution < 1.29 is 19.1 Å². The normalized spacial score (nSPS) is 10.4. The van der Waals surface area contributed by atoms with E-state index in [9.17, 15) is 14.4 Å². The van der Waals surface area contributed by atoms with Crippen molar-refractivity contribution in [3.63, 3.8) is 0 Å². The van der Waals surface area contributed by atoms with Gasteiger partial charge >= 0.3 is 5.97 Å². The Balaban J connectivity index is 2.30. The molecule has 0 atom stereocenters. The molecule has 24 heavy (non-hydrogen) atoms. The third-order valence-corrected chi connectivity index (χ3v) is 3.61. The Morgan fingerprint density at radius 2 is 1.83 bits per heavy atom. The number of benzene rings is 1. The van der Waals surface area contributed by atoms with Crippen LogP contribution in [0.25, 0.3) is 0 Å². The summed E-state index contributed by atoms with van der Waals surface area (Å²) in [5, 5.41) is 5.17. The number of amides is 2. The number of aryl methyl sites for hydroxylation is 1. The first-order valence-electron chi connectivity index (χ1n) is 8.08. The van der Waals surface area contributed by atoms with Crippen LogP contribution in [-0.4, -0.2) is 30.9 Å². The summed E-state index contributed by atoms with van der Waals surface area (Å²) in [5.74, 6) is -0.828. The quantitative estimate of drug-likeness (QED) is 0.715. The lowest BCUT2D eigenvalue weighted by atomic mass is 10.1. The molecule has 0 bridgehead atoms. The number of rotatable bonds is 8. The molecule has 0 aliphatic carbocycles. The van der Waals surface area contributed by atoms with Crippen LogP contribution in [0.4, 0.5) is 5.69 Å². The van der Waals surface area contributed by atoms with Crippen LogP contribution < -0.4 is 10.6 Å². The predicted octanol–water partition coefficient (Wildman–Crippen LogP) is 2.34. The topological polar surface area (TPSA) is 84.5 Å². The first-order valence-corrected chi connectivity index (χ1v) is 8.08. The maximum absolute atomic E-state index is 11.9. The third-order valence-electron chi connectivity index (χ3n) is 3.61. The van der Waals surface area contributed by atoms with Gasteiger partial charge in [0.2, 0.25) is 5.91 Å². The molecular weight excluding hydrogens is 308 g/mol. The lowest BCUT2D eigenvalue weighted by Gasteiger charge is -2.11. The average molecular weight is 334 g/mol. The fourth-order valence-electron chi connectivity index (χ4n) is 1.94. The highest BCUT2D eigenvalue weighted by Crippen LogP contribution is 2.17. The van der Waals surface area contributed by atoms with E-state index in [0.717, 1.165) is 23.2 Å². The Kier molecular flexibility index (Phi) is 7.95. The molecule has 1 aromatic rings. The van der Waals surface area contributed by atoms with Gasteiger partial charge in [-0.05, 0) is 43.4 Å². The zero-order valence-corrected chi connectivity index (χ0v) is 14.8. The van der Waals surface area contributed by atoms with Gasteiger partial charge < -0.3 is 15.4 Å². The monoisotopic (exact) mass is 334 g/mol. The van der Waals surface area contributed by atoms with Crippen molar-refractivity contribution in [2.75, 3.05) is 18.5 Å². The van der Waals surface area contributed by atoms with Gasteiger partial charge in [0.1, 0.15) is 0 Å². The summed E-state index contributed by atoms with van der Waals surface area (Å²) in [5.41, 5.74) is 2.77. The van der Waals surface area contributed by atoms with E-state index in [2.05, 4.69) is 10.6 Å². The van der Waals surface area contributed by atoms with Gasteiger partial charge in [-0.25, -0.2) is 0 Å². The number of carbonyl (C=O) groups is 3. The molecule has 132 valence electrons. The molecular formula is C18H26N2O4. The molecule has 0 aromatic heterocycles. The molecule has 0 aliphatic rings. The van der Waals surface area contributed by atoms with E-state index >= 15 is 0 Å². The fourth-order valence-corrected chi connectivity index (χ4v) is 1.94. The van der Waals surface area contributed by atoms with Crippen LogP contribution in [0, 0.1) is 19.8 Å². The standard InChI is InChI=1S/C18H26N2O4/c1-12(2)8-9-18(23)24-11-17(22)19-10-16(21)20-15-7-5-6-13(3)14(15)4/h5-7,12H,8-11H2,1-4H3,(H,19,22)(H,20,21). The van der Waals surface area contributed by atoms with E-state index in [1.807, 2.05) is 39.8 Å². The minimum atomic E-state index is -0.496. The van der Waals surface area contributed by atoms with E-state index in [0.29, 0.717) is 5.92 Å². The molecule has 1 rings (SSSR count). The molecule has 0 radical (unpaired) electrons. The van der Waals surface area contributed by atoms with Gasteiger partial charge in [0.05, 0.1) is 6.54 Å². The Morgan fingerprint density at radius 1 is 1.12 bits per heavy atom. The molecule has 0 saturated carbocycles. The van der Waals surface area contributed by atoms with E-state index in [-0.39, 0.29) is 25.5 Å². The summed E-state index contributed by atoms with van der Waals surface area (Å²) < 4.78 is 4.86. The van der Waals surface area contributed by atoms with Gasteiger partial charge in [-0.2, -0.15) is 0 Å². The zero-order valence-electron chi connectivity index (χ0n) is 14.8. The van der Waals surface area contributed by atoms with Crippen molar-refractivity contribution >= 4 is 23.5 Å². The molecule has 0 unspecified atom stereocenters. The van der Waals surface area contributed by atoms with Crippen molar-refractivity contribution in [1.29, 1.82) is 0 Å². The summed E-state index contributed by atoms with van der Waals surface area (Å²) in [6.07, 6.45) is 1.01. The second-order valence-electron chi connectivity index (χ2n) is 6.17. The van der Waals surface area contributed by atoms with Crippen LogP contribution in [0.1, 0.15) is 37.8 Å². The summed E-state index contributed by atoms with van der Waals surface area (Å²) in [7, 11) is 0. The van der Waals surface area contributed by atoms with Gasteiger partial charge in [0.25, 0.3) is 5.91 Å². The minimum absolute atomic E-state index is 0.171. The van der Waals surface area contributed by atoms with E-state index in [1.165, 1.54) is 0 Å². The molecule has 1 aromatic carbocycles. The first-order chi connectivity index (χ1) is 11.3. The Bertz CT molecular complexity index is 597. The van der Waals surface area contributed by atoms with E-state index < -0.39 is 11.9 Å². The van der Waals surface area contributed by atoms with Gasteiger partial charge in [-0.3, -0.25) is 14.4 Å². The zero-order chi connectivity index (χ0) is 18.1. The van der Waals surface area contributed by atoms with Crippen LogP contribution in [0.3, 0.4) is 0 Å².